The van der Waals surface area contributed by atoms with E-state index in [1.54, 1.807) is 6.92 Å². The largest absolute Gasteiger partial charge is 0.467 e. The van der Waals surface area contributed by atoms with E-state index in [0.717, 1.165) is 10.8 Å². The van der Waals surface area contributed by atoms with Gasteiger partial charge in [-0.15, -0.1) is 10.2 Å². The van der Waals surface area contributed by atoms with Gasteiger partial charge in [-0.25, -0.2) is 4.79 Å². The predicted molar refractivity (Wildman–Crippen MR) is 69.6 cm³/mol. The van der Waals surface area contributed by atoms with Crippen LogP contribution in [0.3, 0.4) is 0 Å². The Bertz CT molecular complexity index is 589. The van der Waals surface area contributed by atoms with Crippen molar-refractivity contribution < 1.29 is 9.53 Å². The maximum Gasteiger partial charge on any atom is 0.328 e. The van der Waals surface area contributed by atoms with E-state index in [4.69, 9.17) is 11.6 Å². The summed E-state index contributed by atoms with van der Waals surface area (Å²) < 4.78 is 4.64. The van der Waals surface area contributed by atoms with Gasteiger partial charge in [-0.05, 0) is 6.92 Å². The fourth-order valence-corrected chi connectivity index (χ4v) is 1.82. The Labute approximate surface area is 109 Å². The number of carbonyl (C=O) groups is 1. The Morgan fingerprint density at radius 1 is 1.33 bits per heavy atom. The van der Waals surface area contributed by atoms with Crippen LogP contribution < -0.4 is 5.32 Å². The highest BCUT2D eigenvalue weighted by molar-refractivity contribution is 6.34. The third-order valence-electron chi connectivity index (χ3n) is 2.55. The molecule has 0 spiro atoms. The van der Waals surface area contributed by atoms with Gasteiger partial charge in [0.2, 0.25) is 0 Å². The molecule has 0 aliphatic carbocycles. The van der Waals surface area contributed by atoms with E-state index >= 15 is 0 Å². The normalized spacial score (nSPS) is 12.2. The summed E-state index contributed by atoms with van der Waals surface area (Å²) in [5.74, 6) is 0.142. The molecule has 5 nitrogen and oxygen atoms in total. The van der Waals surface area contributed by atoms with E-state index in [9.17, 15) is 4.79 Å². The second-order valence-electron chi connectivity index (χ2n) is 3.77. The van der Waals surface area contributed by atoms with Crippen LogP contribution in [0.25, 0.3) is 10.8 Å². The van der Waals surface area contributed by atoms with E-state index in [0.29, 0.717) is 11.0 Å². The summed E-state index contributed by atoms with van der Waals surface area (Å²) in [6, 6.07) is 6.94. The van der Waals surface area contributed by atoms with E-state index in [1.807, 2.05) is 24.3 Å². The molecule has 0 amide bonds. The van der Waals surface area contributed by atoms with Crippen LogP contribution in [0.5, 0.6) is 0 Å². The molecule has 0 aliphatic heterocycles. The molecular formula is C12H12ClN3O2. The molecule has 1 aromatic heterocycles. The van der Waals surface area contributed by atoms with Crippen LogP contribution in [0.15, 0.2) is 24.3 Å². The van der Waals surface area contributed by atoms with Crippen LogP contribution in [-0.2, 0) is 9.53 Å². The molecule has 1 aromatic carbocycles. The molecule has 0 aliphatic rings. The number of rotatable bonds is 3. The third-order valence-corrected chi connectivity index (χ3v) is 2.83. The number of hydrogen-bond donors (Lipinski definition) is 1. The van der Waals surface area contributed by atoms with Crippen LogP contribution in [0, 0.1) is 0 Å². The highest BCUT2D eigenvalue weighted by Crippen LogP contribution is 2.25. The first-order chi connectivity index (χ1) is 8.63. The monoisotopic (exact) mass is 265 g/mol. The number of hydrogen-bond acceptors (Lipinski definition) is 5. The van der Waals surface area contributed by atoms with Crippen molar-refractivity contribution >= 4 is 34.2 Å². The Kier molecular flexibility index (Phi) is 3.62. The number of ether oxygens (including phenoxy) is 1. The fourth-order valence-electron chi connectivity index (χ4n) is 1.62. The van der Waals surface area contributed by atoms with Gasteiger partial charge in [0, 0.05) is 10.8 Å². The Morgan fingerprint density at radius 2 is 2.00 bits per heavy atom. The molecule has 1 unspecified atom stereocenters. The first-order valence-electron chi connectivity index (χ1n) is 5.38. The van der Waals surface area contributed by atoms with Crippen LogP contribution >= 0.6 is 11.6 Å². The molecule has 1 N–H and O–H groups in total. The van der Waals surface area contributed by atoms with Crippen molar-refractivity contribution in [3.8, 4) is 0 Å². The molecule has 0 saturated heterocycles. The van der Waals surface area contributed by atoms with Gasteiger partial charge in [0.05, 0.1) is 7.11 Å². The number of halogens is 1. The molecule has 6 heteroatoms. The molecule has 0 saturated carbocycles. The molecule has 2 rings (SSSR count). The van der Waals surface area contributed by atoms with Crippen molar-refractivity contribution in [1.82, 2.24) is 10.2 Å². The standard InChI is InChI=1S/C12H12ClN3O2/c1-7(12(17)18-2)14-11-9-6-4-3-5-8(9)10(13)15-16-11/h3-7H,1-2H3,(H,14,16). The van der Waals surface area contributed by atoms with Gasteiger partial charge in [0.25, 0.3) is 0 Å². The summed E-state index contributed by atoms with van der Waals surface area (Å²) in [5, 5.41) is 12.7. The van der Waals surface area contributed by atoms with Crippen molar-refractivity contribution in [3.05, 3.63) is 29.4 Å². The smallest absolute Gasteiger partial charge is 0.328 e. The van der Waals surface area contributed by atoms with Gasteiger partial charge < -0.3 is 10.1 Å². The lowest BCUT2D eigenvalue weighted by molar-refractivity contribution is -0.141. The Balaban J connectivity index is 2.40. The van der Waals surface area contributed by atoms with Gasteiger partial charge >= 0.3 is 5.97 Å². The fraction of sp³-hybridized carbons (Fsp3) is 0.250. The van der Waals surface area contributed by atoms with Gasteiger partial charge in [-0.1, -0.05) is 35.9 Å². The number of nitrogens with zero attached hydrogens (tertiary/aromatic N) is 2. The highest BCUT2D eigenvalue weighted by atomic mass is 35.5. The summed E-state index contributed by atoms with van der Waals surface area (Å²) in [4.78, 5) is 11.4. The topological polar surface area (TPSA) is 64.1 Å². The average Bonchev–Trinajstić information content (AvgIpc) is 2.41. The maximum absolute atomic E-state index is 11.4. The minimum atomic E-state index is -0.506. The Hall–Kier alpha value is -1.88. The minimum absolute atomic E-state index is 0.335. The number of methoxy groups -OCH3 is 1. The maximum atomic E-state index is 11.4. The van der Waals surface area contributed by atoms with Crippen molar-refractivity contribution in [1.29, 1.82) is 0 Å². The van der Waals surface area contributed by atoms with Gasteiger partial charge in [0.1, 0.15) is 6.04 Å². The summed E-state index contributed by atoms with van der Waals surface area (Å²) >= 11 is 5.96. The van der Waals surface area contributed by atoms with Crippen molar-refractivity contribution in [2.45, 2.75) is 13.0 Å². The van der Waals surface area contributed by atoms with Crippen LogP contribution in [0.1, 0.15) is 6.92 Å². The first-order valence-corrected chi connectivity index (χ1v) is 5.76. The highest BCUT2D eigenvalue weighted by Gasteiger charge is 2.15. The van der Waals surface area contributed by atoms with E-state index < -0.39 is 6.04 Å². The summed E-state index contributed by atoms with van der Waals surface area (Å²) in [6.07, 6.45) is 0. The molecule has 1 atom stereocenters. The molecule has 0 radical (unpaired) electrons. The number of aromatic nitrogens is 2. The number of anilines is 1. The van der Waals surface area contributed by atoms with E-state index in [2.05, 4.69) is 20.3 Å². The molecular weight excluding hydrogens is 254 g/mol. The molecule has 0 fully saturated rings. The van der Waals surface area contributed by atoms with Crippen LogP contribution in [0.4, 0.5) is 5.82 Å². The lowest BCUT2D eigenvalue weighted by atomic mass is 10.2. The average molecular weight is 266 g/mol. The lowest BCUT2D eigenvalue weighted by Crippen LogP contribution is -2.27. The van der Waals surface area contributed by atoms with Crippen molar-refractivity contribution in [2.75, 3.05) is 12.4 Å². The van der Waals surface area contributed by atoms with Gasteiger partial charge in [-0.3, -0.25) is 0 Å². The number of benzene rings is 1. The second-order valence-corrected chi connectivity index (χ2v) is 4.13. The zero-order valence-corrected chi connectivity index (χ0v) is 10.7. The molecule has 2 aromatic rings. The zero-order valence-electron chi connectivity index (χ0n) is 9.98. The summed E-state index contributed by atoms with van der Waals surface area (Å²) in [7, 11) is 1.34. The number of esters is 1. The van der Waals surface area contributed by atoms with Crippen LogP contribution in [-0.4, -0.2) is 29.3 Å². The van der Waals surface area contributed by atoms with Gasteiger partial charge in [-0.2, -0.15) is 0 Å². The SMILES string of the molecule is COC(=O)C(C)Nc1nnc(Cl)c2ccccc12. The predicted octanol–water partition coefficient (Wildman–Crippen LogP) is 2.26. The molecule has 94 valence electrons. The molecule has 18 heavy (non-hydrogen) atoms. The van der Waals surface area contributed by atoms with Gasteiger partial charge in [0.15, 0.2) is 11.0 Å². The Morgan fingerprint density at radius 3 is 2.67 bits per heavy atom. The van der Waals surface area contributed by atoms with Crippen LogP contribution in [0.2, 0.25) is 5.15 Å². The number of carbonyl (C=O) groups excluding carboxylic acids is 1. The third kappa shape index (κ3) is 2.36. The van der Waals surface area contributed by atoms with E-state index in [1.165, 1.54) is 7.11 Å². The summed E-state index contributed by atoms with van der Waals surface area (Å²) in [5.41, 5.74) is 0. The molecule has 1 heterocycles. The lowest BCUT2D eigenvalue weighted by Gasteiger charge is -2.13. The van der Waals surface area contributed by atoms with Crippen molar-refractivity contribution in [2.24, 2.45) is 0 Å². The summed E-state index contributed by atoms with van der Waals surface area (Å²) in [6.45, 7) is 1.69. The number of nitrogens with one attached hydrogen (secondary N) is 1. The molecule has 0 bridgehead atoms. The van der Waals surface area contributed by atoms with Crippen molar-refractivity contribution in [3.63, 3.8) is 0 Å². The zero-order chi connectivity index (χ0) is 13.1. The minimum Gasteiger partial charge on any atom is -0.467 e. The first kappa shape index (κ1) is 12.6. The quantitative estimate of drug-likeness (QED) is 0.863. The second kappa shape index (κ2) is 5.18. The number of fused-ring (bicyclic) bond motifs is 1. The van der Waals surface area contributed by atoms with E-state index in [-0.39, 0.29) is 5.97 Å².